The number of hydrogen-bond donors (Lipinski definition) is 4. The highest BCUT2D eigenvalue weighted by molar-refractivity contribution is 8.76. The zero-order chi connectivity index (χ0) is 16.3. The number of carboxylic acid groups (broad SMARTS) is 2. The molecule has 0 aromatic rings. The normalized spacial score (nSPS) is 26.7. The molecule has 14 heavy (non-hydrogen) atoms. The third-order valence-corrected chi connectivity index (χ3v) is 2.53. The maximum absolute atomic E-state index is 10.9. The number of carboxylic acids is 2. The minimum Gasteiger partial charge on any atom is -0.480 e. The van der Waals surface area contributed by atoms with Crippen molar-refractivity contribution in [2.75, 3.05) is 11.4 Å². The van der Waals surface area contributed by atoms with Crippen molar-refractivity contribution in [1.29, 1.82) is 0 Å². The standard InChI is InChI=1S/C6H12N2O4S2/c7-3(5(9)10)1-13-14-2-4(8)6(11)12/h3-4H,1-2,7-8H2,(H,9,10)(H,11,12)/i1D,2D2,4D/hD2. The van der Waals surface area contributed by atoms with Gasteiger partial charge in [0.25, 0.3) is 0 Å². The molecule has 0 rings (SSSR count). The molecule has 0 saturated carbocycles. The summed E-state index contributed by atoms with van der Waals surface area (Å²) in [6.07, 6.45) is 0. The van der Waals surface area contributed by atoms with Crippen LogP contribution in [0.3, 0.4) is 0 Å². The highest BCUT2D eigenvalue weighted by Gasteiger charge is 2.14. The summed E-state index contributed by atoms with van der Waals surface area (Å²) >= 11 is 0. The fourth-order valence-corrected chi connectivity index (χ4v) is 1.67. The lowest BCUT2D eigenvalue weighted by molar-refractivity contribution is -0.138. The molecule has 3 atom stereocenters. The fourth-order valence-electron chi connectivity index (χ4n) is 0.253. The van der Waals surface area contributed by atoms with E-state index in [1.165, 1.54) is 0 Å². The van der Waals surface area contributed by atoms with E-state index in [1.807, 2.05) is 0 Å². The molecule has 0 aliphatic rings. The second-order valence-corrected chi connectivity index (χ2v) is 3.85. The molecule has 6 N–H and O–H groups in total. The Labute approximate surface area is 97.3 Å². The van der Waals surface area contributed by atoms with Gasteiger partial charge in [-0.25, -0.2) is 0 Å². The Hall–Kier alpha value is -0.440. The minimum atomic E-state index is -3.25. The van der Waals surface area contributed by atoms with Gasteiger partial charge in [-0.3, -0.25) is 9.59 Å². The quantitative estimate of drug-likeness (QED) is 0.410. The summed E-state index contributed by atoms with van der Waals surface area (Å²) in [6, 6.07) is -4.88. The second kappa shape index (κ2) is 6.93. The average Bonchev–Trinajstić information content (AvgIpc) is 2.32. The predicted octanol–water partition coefficient (Wildman–Crippen LogP) is -0.808. The van der Waals surface area contributed by atoms with Gasteiger partial charge in [0.15, 0.2) is 0 Å². The van der Waals surface area contributed by atoms with E-state index in [0.29, 0.717) is 10.8 Å². The topological polar surface area (TPSA) is 127 Å². The summed E-state index contributed by atoms with van der Waals surface area (Å²) in [5.74, 6) is -3.55. The molecular weight excluding hydrogens is 228 g/mol. The lowest BCUT2D eigenvalue weighted by Crippen LogP contribution is -2.33. The van der Waals surface area contributed by atoms with Crippen LogP contribution < -0.4 is 11.5 Å². The Morgan fingerprint density at radius 2 is 2.14 bits per heavy atom. The van der Waals surface area contributed by atoms with Crippen LogP contribution >= 0.6 is 21.6 Å². The number of carbonyl (C=O) groups is 2. The van der Waals surface area contributed by atoms with E-state index in [2.05, 4.69) is 0 Å². The monoisotopic (exact) mass is 246 g/mol. The Kier molecular flexibility index (Phi) is 3.07. The van der Waals surface area contributed by atoms with Gasteiger partial charge in [0, 0.05) is 15.5 Å². The first kappa shape index (κ1) is 6.21. The molecule has 3 unspecified atom stereocenters. The van der Waals surface area contributed by atoms with Gasteiger partial charge in [-0.15, -0.1) is 0 Å². The summed E-state index contributed by atoms with van der Waals surface area (Å²) < 4.78 is 43.4. The van der Waals surface area contributed by atoms with Gasteiger partial charge in [0.1, 0.15) is 14.9 Å². The van der Waals surface area contributed by atoms with Gasteiger partial charge >= 0.3 is 11.9 Å². The largest absolute Gasteiger partial charge is 0.480 e. The van der Waals surface area contributed by atoms with Gasteiger partial charge in [0.2, 0.25) is 0 Å². The number of rotatable bonds is 8. The van der Waals surface area contributed by atoms with E-state index < -0.39 is 41.2 Å². The minimum absolute atomic E-state index is 0.0653. The summed E-state index contributed by atoms with van der Waals surface area (Å²) in [7, 11) is 0.373. The molecule has 0 heterocycles. The molecule has 0 saturated heterocycles. The molecule has 6 nitrogen and oxygen atoms in total. The van der Waals surface area contributed by atoms with Crippen LogP contribution in [0.25, 0.3) is 0 Å². The van der Waals surface area contributed by atoms with Crippen molar-refractivity contribution in [3.8, 4) is 0 Å². The van der Waals surface area contributed by atoms with Crippen LogP contribution in [0, 0.1) is 0 Å². The molecule has 82 valence electrons. The van der Waals surface area contributed by atoms with Crippen molar-refractivity contribution in [2.45, 2.75) is 12.1 Å². The van der Waals surface area contributed by atoms with Crippen LogP contribution in [0.2, 0.25) is 2.82 Å². The van der Waals surface area contributed by atoms with E-state index in [9.17, 15) is 9.59 Å². The van der Waals surface area contributed by atoms with Crippen molar-refractivity contribution in [1.82, 2.24) is 0 Å². The summed E-state index contributed by atoms with van der Waals surface area (Å²) in [6.45, 7) is 0. The van der Waals surface area contributed by atoms with Crippen LogP contribution in [-0.4, -0.2) is 45.6 Å². The Morgan fingerprint density at radius 3 is 2.57 bits per heavy atom. The Bertz CT molecular complexity index is 388. The fraction of sp³-hybridized carbons (Fsp3) is 0.667. The maximum Gasteiger partial charge on any atom is 0.321 e. The van der Waals surface area contributed by atoms with Crippen LogP contribution in [-0.2, 0) is 9.59 Å². The van der Waals surface area contributed by atoms with Gasteiger partial charge in [-0.05, 0) is 0 Å². The summed E-state index contributed by atoms with van der Waals surface area (Å²) in [5.41, 5.74) is 0.0288. The van der Waals surface area contributed by atoms with Crippen molar-refractivity contribution >= 4 is 33.5 Å². The highest BCUT2D eigenvalue weighted by atomic mass is 33.1. The van der Waals surface area contributed by atoms with Crippen LogP contribution in [0.15, 0.2) is 0 Å². The second-order valence-electron chi connectivity index (χ2n) is 1.94. The SMILES string of the molecule is [2H]C(SSC([2H])([2H])C([2H])(C(=O)O)N([2H])[2H])C(N)C(=O)O. The van der Waals surface area contributed by atoms with Gasteiger partial charge in [-0.2, -0.15) is 0 Å². The van der Waals surface area contributed by atoms with Crippen LogP contribution in [0.1, 0.15) is 5.48 Å². The number of hydrogen-bond acceptors (Lipinski definition) is 6. The van der Waals surface area contributed by atoms with E-state index in [4.69, 9.17) is 24.3 Å². The lowest BCUT2D eigenvalue weighted by Gasteiger charge is -2.07. The molecule has 0 aromatic heterocycles. The molecule has 0 aliphatic heterocycles. The molecule has 0 radical (unpaired) electrons. The average molecular weight is 246 g/mol. The zero-order valence-corrected chi connectivity index (χ0v) is 8.34. The first-order chi connectivity index (χ1) is 8.87. The Balaban J connectivity index is 4.98. The van der Waals surface area contributed by atoms with E-state index in [-0.39, 0.29) is 10.8 Å². The van der Waals surface area contributed by atoms with Gasteiger partial charge in [-0.1, -0.05) is 21.6 Å². The van der Waals surface area contributed by atoms with Crippen molar-refractivity contribution in [3.05, 3.63) is 0 Å². The Morgan fingerprint density at radius 1 is 1.50 bits per heavy atom. The molecule has 0 bridgehead atoms. The van der Waals surface area contributed by atoms with E-state index in [0.717, 1.165) is 0 Å². The maximum atomic E-state index is 10.9. The molecule has 0 aromatic carbocycles. The van der Waals surface area contributed by atoms with Crippen molar-refractivity contribution < 1.29 is 28.1 Å². The third kappa shape index (κ3) is 6.08. The molecule has 8 heteroatoms. The summed E-state index contributed by atoms with van der Waals surface area (Å²) in [5, 5.41) is 17.4. The first-order valence-corrected chi connectivity index (χ1v) is 5.35. The van der Waals surface area contributed by atoms with Gasteiger partial charge < -0.3 is 21.7 Å². The highest BCUT2D eigenvalue weighted by Crippen LogP contribution is 2.22. The third-order valence-electron chi connectivity index (χ3n) is 0.876. The van der Waals surface area contributed by atoms with E-state index in [1.54, 1.807) is 0 Å². The first-order valence-electron chi connectivity index (χ1n) is 6.11. The molecule has 0 amide bonds. The van der Waals surface area contributed by atoms with Crippen LogP contribution in [0.4, 0.5) is 0 Å². The van der Waals surface area contributed by atoms with Crippen molar-refractivity contribution in [3.63, 3.8) is 0 Å². The summed E-state index contributed by atoms with van der Waals surface area (Å²) in [4.78, 5) is 21.4. The van der Waals surface area contributed by atoms with Gasteiger partial charge in [0.05, 0.1) is 1.37 Å². The predicted molar refractivity (Wildman–Crippen MR) is 56.1 cm³/mol. The van der Waals surface area contributed by atoms with Crippen LogP contribution in [0.5, 0.6) is 0 Å². The number of nitrogens with two attached hydrogens (primary N) is 2. The van der Waals surface area contributed by atoms with Crippen molar-refractivity contribution in [2.24, 2.45) is 11.5 Å². The molecule has 0 aliphatic carbocycles. The number of aliphatic carboxylic acids is 2. The smallest absolute Gasteiger partial charge is 0.321 e. The lowest BCUT2D eigenvalue weighted by atomic mass is 10.4. The molecule has 0 spiro atoms. The zero-order valence-electron chi connectivity index (χ0n) is 12.7. The molecule has 0 fully saturated rings. The molecular formula is C6H12N2O4S2. The van der Waals surface area contributed by atoms with E-state index >= 15 is 0 Å².